The standard InChI is InChI=1S/C9H20OSi/c1-3-5-6-7-8-10-11-9-4-2/h5-6H,3-4,7-9,11H2,1-2H3. The van der Waals surface area contributed by atoms with Crippen molar-refractivity contribution in [2.24, 2.45) is 0 Å². The first-order valence-corrected chi connectivity index (χ1v) is 6.22. The Bertz CT molecular complexity index is 91.6. The normalized spacial score (nSPS) is 12.2. The maximum Gasteiger partial charge on any atom is 0.161 e. The van der Waals surface area contributed by atoms with Gasteiger partial charge in [0.15, 0.2) is 9.76 Å². The van der Waals surface area contributed by atoms with Crippen LogP contribution in [0.2, 0.25) is 6.04 Å². The summed E-state index contributed by atoms with van der Waals surface area (Å²) in [6, 6.07) is 1.33. The Balaban J connectivity index is 2.85. The summed E-state index contributed by atoms with van der Waals surface area (Å²) >= 11 is 0. The van der Waals surface area contributed by atoms with Crippen molar-refractivity contribution >= 4 is 9.76 Å². The maximum absolute atomic E-state index is 5.51. The summed E-state index contributed by atoms with van der Waals surface area (Å²) in [7, 11) is -0.157. The van der Waals surface area contributed by atoms with E-state index in [4.69, 9.17) is 4.43 Å². The molecule has 0 saturated carbocycles. The van der Waals surface area contributed by atoms with Crippen LogP contribution in [0.4, 0.5) is 0 Å². The van der Waals surface area contributed by atoms with Crippen molar-refractivity contribution in [1.82, 2.24) is 0 Å². The van der Waals surface area contributed by atoms with E-state index in [1.54, 1.807) is 0 Å². The average molecular weight is 172 g/mol. The zero-order valence-electron chi connectivity index (χ0n) is 7.81. The number of hydrogen-bond acceptors (Lipinski definition) is 1. The Morgan fingerprint density at radius 1 is 1.27 bits per heavy atom. The molecule has 0 rings (SSSR count). The highest BCUT2D eigenvalue weighted by Crippen LogP contribution is 1.90. The summed E-state index contributed by atoms with van der Waals surface area (Å²) < 4.78 is 5.51. The Morgan fingerprint density at radius 3 is 2.73 bits per heavy atom. The van der Waals surface area contributed by atoms with E-state index in [-0.39, 0.29) is 9.76 Å². The van der Waals surface area contributed by atoms with E-state index < -0.39 is 0 Å². The predicted molar refractivity (Wildman–Crippen MR) is 53.6 cm³/mol. The van der Waals surface area contributed by atoms with Gasteiger partial charge in [0.05, 0.1) is 0 Å². The molecule has 0 saturated heterocycles. The minimum atomic E-state index is -0.157. The van der Waals surface area contributed by atoms with Crippen LogP contribution in [-0.4, -0.2) is 16.4 Å². The van der Waals surface area contributed by atoms with Crippen LogP contribution in [0.1, 0.15) is 33.1 Å². The second-order valence-corrected chi connectivity index (χ2v) is 4.16. The van der Waals surface area contributed by atoms with Crippen LogP contribution >= 0.6 is 0 Å². The van der Waals surface area contributed by atoms with Crippen LogP contribution < -0.4 is 0 Å². The molecule has 2 heteroatoms. The first-order valence-electron chi connectivity index (χ1n) is 4.64. The summed E-state index contributed by atoms with van der Waals surface area (Å²) in [6.07, 6.45) is 7.94. The van der Waals surface area contributed by atoms with Crippen LogP contribution in [-0.2, 0) is 4.43 Å². The molecule has 0 N–H and O–H groups in total. The second kappa shape index (κ2) is 9.92. The lowest BCUT2D eigenvalue weighted by Gasteiger charge is -1.98. The van der Waals surface area contributed by atoms with Gasteiger partial charge in [-0.1, -0.05) is 32.4 Å². The Hall–Kier alpha value is -0.0831. The van der Waals surface area contributed by atoms with Gasteiger partial charge in [-0.3, -0.25) is 0 Å². The highest BCUT2D eigenvalue weighted by Gasteiger charge is 1.85. The largest absolute Gasteiger partial charge is 0.424 e. The van der Waals surface area contributed by atoms with E-state index >= 15 is 0 Å². The molecule has 0 spiro atoms. The highest BCUT2D eigenvalue weighted by molar-refractivity contribution is 6.26. The molecule has 0 aromatic heterocycles. The Morgan fingerprint density at radius 2 is 2.09 bits per heavy atom. The maximum atomic E-state index is 5.51. The van der Waals surface area contributed by atoms with Crippen LogP contribution in [0.25, 0.3) is 0 Å². The van der Waals surface area contributed by atoms with E-state index in [0.29, 0.717) is 0 Å². The van der Waals surface area contributed by atoms with Crippen molar-refractivity contribution in [3.8, 4) is 0 Å². The first-order chi connectivity index (χ1) is 5.41. The van der Waals surface area contributed by atoms with Crippen LogP contribution in [0, 0.1) is 0 Å². The zero-order chi connectivity index (χ0) is 8.36. The zero-order valence-corrected chi connectivity index (χ0v) is 9.22. The van der Waals surface area contributed by atoms with Crippen molar-refractivity contribution in [1.29, 1.82) is 0 Å². The quantitative estimate of drug-likeness (QED) is 0.325. The van der Waals surface area contributed by atoms with Gasteiger partial charge in [0.25, 0.3) is 0 Å². The molecule has 0 unspecified atom stereocenters. The Kier molecular flexibility index (Phi) is 9.84. The lowest BCUT2D eigenvalue weighted by molar-refractivity contribution is 0.342. The van der Waals surface area contributed by atoms with Crippen molar-refractivity contribution in [3.05, 3.63) is 12.2 Å². The molecule has 0 amide bonds. The lowest BCUT2D eigenvalue weighted by Crippen LogP contribution is -1.98. The summed E-state index contributed by atoms with van der Waals surface area (Å²) in [5.74, 6) is 0. The molecule has 0 radical (unpaired) electrons. The molecular weight excluding hydrogens is 152 g/mol. The second-order valence-electron chi connectivity index (χ2n) is 2.63. The minimum Gasteiger partial charge on any atom is -0.424 e. The Labute approximate surface area is 72.8 Å². The van der Waals surface area contributed by atoms with Crippen molar-refractivity contribution < 1.29 is 4.43 Å². The smallest absolute Gasteiger partial charge is 0.161 e. The number of allylic oxidation sites excluding steroid dienone is 1. The molecule has 0 aliphatic heterocycles. The third-order valence-electron chi connectivity index (χ3n) is 1.47. The topological polar surface area (TPSA) is 9.23 Å². The van der Waals surface area contributed by atoms with Crippen molar-refractivity contribution in [2.75, 3.05) is 6.61 Å². The van der Waals surface area contributed by atoms with Gasteiger partial charge in [0, 0.05) is 6.61 Å². The fourth-order valence-electron chi connectivity index (χ4n) is 0.784. The van der Waals surface area contributed by atoms with E-state index in [1.165, 1.54) is 12.5 Å². The third kappa shape index (κ3) is 9.92. The molecule has 0 bridgehead atoms. The van der Waals surface area contributed by atoms with E-state index in [9.17, 15) is 0 Å². The fraction of sp³-hybridized carbons (Fsp3) is 0.778. The number of rotatable bonds is 7. The fourth-order valence-corrected chi connectivity index (χ4v) is 1.65. The highest BCUT2D eigenvalue weighted by atomic mass is 28.2. The first kappa shape index (κ1) is 10.9. The molecule has 0 aliphatic rings. The van der Waals surface area contributed by atoms with Gasteiger partial charge in [-0.2, -0.15) is 0 Å². The molecular formula is C9H20OSi. The van der Waals surface area contributed by atoms with Gasteiger partial charge in [0.1, 0.15) is 0 Å². The van der Waals surface area contributed by atoms with Gasteiger partial charge < -0.3 is 4.43 Å². The molecule has 0 aromatic carbocycles. The monoisotopic (exact) mass is 172 g/mol. The van der Waals surface area contributed by atoms with Gasteiger partial charge in [0.2, 0.25) is 0 Å². The molecule has 0 atom stereocenters. The molecule has 1 nitrogen and oxygen atoms in total. The molecule has 0 aliphatic carbocycles. The van der Waals surface area contributed by atoms with Crippen molar-refractivity contribution in [2.45, 2.75) is 39.2 Å². The van der Waals surface area contributed by atoms with Crippen LogP contribution in [0.3, 0.4) is 0 Å². The minimum absolute atomic E-state index is 0.157. The molecule has 66 valence electrons. The summed E-state index contributed by atoms with van der Waals surface area (Å²) in [5, 5.41) is 0. The van der Waals surface area contributed by atoms with Gasteiger partial charge in [-0.15, -0.1) is 0 Å². The molecule has 11 heavy (non-hydrogen) atoms. The molecule has 0 aromatic rings. The van der Waals surface area contributed by atoms with Gasteiger partial charge in [-0.25, -0.2) is 0 Å². The summed E-state index contributed by atoms with van der Waals surface area (Å²) in [4.78, 5) is 0. The van der Waals surface area contributed by atoms with Gasteiger partial charge >= 0.3 is 0 Å². The average Bonchev–Trinajstić information content (AvgIpc) is 2.03. The lowest BCUT2D eigenvalue weighted by atomic mass is 10.3. The number of hydrogen-bond donors (Lipinski definition) is 0. The van der Waals surface area contributed by atoms with Crippen LogP contribution in [0.15, 0.2) is 12.2 Å². The van der Waals surface area contributed by atoms with Gasteiger partial charge in [-0.05, 0) is 18.9 Å². The molecule has 0 fully saturated rings. The summed E-state index contributed by atoms with van der Waals surface area (Å²) in [5.41, 5.74) is 0. The van der Waals surface area contributed by atoms with E-state index in [1.807, 2.05) is 0 Å². The van der Waals surface area contributed by atoms with E-state index in [0.717, 1.165) is 19.4 Å². The molecule has 0 heterocycles. The predicted octanol–water partition coefficient (Wildman–Crippen LogP) is 2.27. The van der Waals surface area contributed by atoms with Crippen molar-refractivity contribution in [3.63, 3.8) is 0 Å². The van der Waals surface area contributed by atoms with Crippen LogP contribution in [0.5, 0.6) is 0 Å². The summed E-state index contributed by atoms with van der Waals surface area (Å²) in [6.45, 7) is 5.32. The third-order valence-corrected chi connectivity index (χ3v) is 3.05. The van der Waals surface area contributed by atoms with E-state index in [2.05, 4.69) is 26.0 Å². The SMILES string of the molecule is CCC=CCCO[SiH2]CCC.